The molecule has 0 amide bonds. The predicted molar refractivity (Wildman–Crippen MR) is 91.4 cm³/mol. The molecule has 1 aromatic heterocycles. The van der Waals surface area contributed by atoms with Crippen LogP contribution in [0.4, 0.5) is 0 Å². The van der Waals surface area contributed by atoms with Gasteiger partial charge in [-0.2, -0.15) is 0 Å². The maximum absolute atomic E-state index is 12.5. The predicted octanol–water partition coefficient (Wildman–Crippen LogP) is 4.72. The number of aryl methyl sites for hydroxylation is 1. The summed E-state index contributed by atoms with van der Waals surface area (Å²) in [6.07, 6.45) is 0.655. The Bertz CT molecular complexity index is 721. The summed E-state index contributed by atoms with van der Waals surface area (Å²) in [5.41, 5.74) is 2.79. The van der Waals surface area contributed by atoms with Gasteiger partial charge in [-0.05, 0) is 44.0 Å². The molecular formula is C17H18ClNO2S. The standard InChI is InChI=1S/C17H18ClNO2S/c1-4-14-16(11(3)20)10(2)19-17(14)15(21)9-22-13-7-5-6-12(18)8-13/h5-8,19H,4,9H2,1-3H3. The average molecular weight is 336 g/mol. The lowest BCUT2D eigenvalue weighted by Gasteiger charge is -2.04. The number of hydrogen-bond donors (Lipinski definition) is 1. The van der Waals surface area contributed by atoms with E-state index in [0.717, 1.165) is 16.2 Å². The summed E-state index contributed by atoms with van der Waals surface area (Å²) in [7, 11) is 0. The quantitative estimate of drug-likeness (QED) is 0.614. The average Bonchev–Trinajstić information content (AvgIpc) is 2.81. The molecule has 1 N–H and O–H groups in total. The molecule has 2 aromatic rings. The Morgan fingerprint density at radius 3 is 2.64 bits per heavy atom. The monoisotopic (exact) mass is 335 g/mol. The highest BCUT2D eigenvalue weighted by atomic mass is 35.5. The van der Waals surface area contributed by atoms with Crippen LogP contribution in [0.2, 0.25) is 5.02 Å². The van der Waals surface area contributed by atoms with Crippen LogP contribution in [-0.2, 0) is 6.42 Å². The minimum Gasteiger partial charge on any atom is -0.355 e. The fourth-order valence-electron chi connectivity index (χ4n) is 2.52. The number of carbonyl (C=O) groups excluding carboxylic acids is 2. The van der Waals surface area contributed by atoms with Gasteiger partial charge in [-0.3, -0.25) is 9.59 Å². The molecular weight excluding hydrogens is 318 g/mol. The number of ketones is 2. The Morgan fingerprint density at radius 1 is 1.32 bits per heavy atom. The highest BCUT2D eigenvalue weighted by Crippen LogP contribution is 2.25. The summed E-state index contributed by atoms with van der Waals surface area (Å²) in [6.45, 7) is 5.32. The Hall–Kier alpha value is -1.52. The number of rotatable bonds is 6. The summed E-state index contributed by atoms with van der Waals surface area (Å²) >= 11 is 7.38. The maximum Gasteiger partial charge on any atom is 0.189 e. The van der Waals surface area contributed by atoms with Crippen molar-refractivity contribution in [1.29, 1.82) is 0 Å². The molecule has 0 atom stereocenters. The van der Waals surface area contributed by atoms with Crippen LogP contribution in [0.15, 0.2) is 29.2 Å². The molecule has 0 radical (unpaired) electrons. The van der Waals surface area contributed by atoms with Crippen LogP contribution < -0.4 is 0 Å². The van der Waals surface area contributed by atoms with Crippen LogP contribution in [0.5, 0.6) is 0 Å². The number of aromatic nitrogens is 1. The van der Waals surface area contributed by atoms with E-state index in [9.17, 15) is 9.59 Å². The Morgan fingerprint density at radius 2 is 2.05 bits per heavy atom. The second kappa shape index (κ2) is 7.16. The van der Waals surface area contributed by atoms with Gasteiger partial charge >= 0.3 is 0 Å². The molecule has 0 fully saturated rings. The number of thioether (sulfide) groups is 1. The number of benzene rings is 1. The second-order valence-electron chi connectivity index (χ2n) is 5.06. The number of Topliss-reactive ketones (excluding diaryl/α,β-unsaturated/α-hetero) is 2. The molecule has 0 spiro atoms. The topological polar surface area (TPSA) is 49.9 Å². The van der Waals surface area contributed by atoms with Crippen molar-refractivity contribution in [3.63, 3.8) is 0 Å². The third kappa shape index (κ3) is 3.62. The van der Waals surface area contributed by atoms with Crippen LogP contribution in [0.1, 0.15) is 46.0 Å². The van der Waals surface area contributed by atoms with Crippen LogP contribution in [-0.4, -0.2) is 22.3 Å². The van der Waals surface area contributed by atoms with E-state index >= 15 is 0 Å². The minimum atomic E-state index is -0.00727. The van der Waals surface area contributed by atoms with Gasteiger partial charge in [-0.15, -0.1) is 11.8 Å². The zero-order chi connectivity index (χ0) is 16.3. The lowest BCUT2D eigenvalue weighted by molar-refractivity contribution is 0.101. The molecule has 0 aliphatic carbocycles. The van der Waals surface area contributed by atoms with Crippen molar-refractivity contribution in [2.45, 2.75) is 32.1 Å². The molecule has 0 saturated carbocycles. The van der Waals surface area contributed by atoms with Crippen molar-refractivity contribution in [2.75, 3.05) is 5.75 Å². The van der Waals surface area contributed by atoms with Gasteiger partial charge in [0.25, 0.3) is 0 Å². The van der Waals surface area contributed by atoms with Gasteiger partial charge in [0.05, 0.1) is 11.4 Å². The highest BCUT2D eigenvalue weighted by Gasteiger charge is 2.21. The molecule has 1 heterocycles. The molecule has 0 aliphatic rings. The molecule has 3 nitrogen and oxygen atoms in total. The molecule has 0 saturated heterocycles. The van der Waals surface area contributed by atoms with E-state index in [0.29, 0.717) is 28.5 Å². The summed E-state index contributed by atoms with van der Waals surface area (Å²) in [4.78, 5) is 28.3. The van der Waals surface area contributed by atoms with Gasteiger partial charge in [0.15, 0.2) is 11.6 Å². The van der Waals surface area contributed by atoms with Crippen molar-refractivity contribution < 1.29 is 9.59 Å². The minimum absolute atomic E-state index is 0.00238. The Kier molecular flexibility index (Phi) is 5.48. The van der Waals surface area contributed by atoms with Gasteiger partial charge in [0, 0.05) is 21.2 Å². The van der Waals surface area contributed by atoms with E-state index in [2.05, 4.69) is 4.98 Å². The fourth-order valence-corrected chi connectivity index (χ4v) is 3.60. The molecule has 5 heteroatoms. The number of hydrogen-bond acceptors (Lipinski definition) is 3. The van der Waals surface area contributed by atoms with Crippen molar-refractivity contribution >= 4 is 34.9 Å². The number of halogens is 1. The van der Waals surface area contributed by atoms with E-state index in [1.165, 1.54) is 18.7 Å². The molecule has 116 valence electrons. The maximum atomic E-state index is 12.5. The largest absolute Gasteiger partial charge is 0.355 e. The highest BCUT2D eigenvalue weighted by molar-refractivity contribution is 8.00. The van der Waals surface area contributed by atoms with E-state index in [1.54, 1.807) is 6.07 Å². The zero-order valence-corrected chi connectivity index (χ0v) is 14.4. The van der Waals surface area contributed by atoms with Gasteiger partial charge in [0.2, 0.25) is 0 Å². The van der Waals surface area contributed by atoms with Gasteiger partial charge in [0.1, 0.15) is 0 Å². The van der Waals surface area contributed by atoms with Crippen molar-refractivity contribution in [3.8, 4) is 0 Å². The first-order chi connectivity index (χ1) is 10.4. The SMILES string of the molecule is CCc1c(C(=O)CSc2cccc(Cl)c2)[nH]c(C)c1C(C)=O. The van der Waals surface area contributed by atoms with Crippen LogP contribution in [0.3, 0.4) is 0 Å². The molecule has 1 aromatic carbocycles. The zero-order valence-electron chi connectivity index (χ0n) is 12.8. The van der Waals surface area contributed by atoms with Gasteiger partial charge < -0.3 is 4.98 Å². The van der Waals surface area contributed by atoms with Crippen LogP contribution in [0, 0.1) is 6.92 Å². The lowest BCUT2D eigenvalue weighted by atomic mass is 10.0. The van der Waals surface area contributed by atoms with Gasteiger partial charge in [-0.1, -0.05) is 24.6 Å². The smallest absolute Gasteiger partial charge is 0.189 e. The van der Waals surface area contributed by atoms with Crippen molar-refractivity contribution in [2.24, 2.45) is 0 Å². The number of H-pyrrole nitrogens is 1. The first-order valence-electron chi connectivity index (χ1n) is 7.08. The van der Waals surface area contributed by atoms with Crippen molar-refractivity contribution in [1.82, 2.24) is 4.98 Å². The Balaban J connectivity index is 2.19. The summed E-state index contributed by atoms with van der Waals surface area (Å²) < 4.78 is 0. The lowest BCUT2D eigenvalue weighted by Crippen LogP contribution is -2.07. The third-order valence-electron chi connectivity index (χ3n) is 3.44. The summed E-state index contributed by atoms with van der Waals surface area (Å²) in [5.74, 6) is 0.301. The van der Waals surface area contributed by atoms with E-state index in [1.807, 2.05) is 32.0 Å². The molecule has 2 rings (SSSR count). The second-order valence-corrected chi connectivity index (χ2v) is 6.54. The number of aromatic amines is 1. The Labute approximate surface area is 139 Å². The van der Waals surface area contributed by atoms with E-state index in [-0.39, 0.29) is 11.6 Å². The van der Waals surface area contributed by atoms with Gasteiger partial charge in [-0.25, -0.2) is 0 Å². The first-order valence-corrected chi connectivity index (χ1v) is 8.44. The molecule has 0 bridgehead atoms. The summed E-state index contributed by atoms with van der Waals surface area (Å²) in [5, 5.41) is 0.654. The normalized spacial score (nSPS) is 10.7. The third-order valence-corrected chi connectivity index (χ3v) is 4.67. The van der Waals surface area contributed by atoms with E-state index < -0.39 is 0 Å². The fraction of sp³-hybridized carbons (Fsp3) is 0.294. The molecule has 0 aliphatic heterocycles. The summed E-state index contributed by atoms with van der Waals surface area (Å²) in [6, 6.07) is 7.42. The van der Waals surface area contributed by atoms with E-state index in [4.69, 9.17) is 11.6 Å². The number of carbonyl (C=O) groups is 2. The number of nitrogens with one attached hydrogen (secondary N) is 1. The van der Waals surface area contributed by atoms with Crippen LogP contribution >= 0.6 is 23.4 Å². The van der Waals surface area contributed by atoms with Crippen molar-refractivity contribution in [3.05, 3.63) is 51.8 Å². The van der Waals surface area contributed by atoms with Crippen LogP contribution in [0.25, 0.3) is 0 Å². The first kappa shape index (κ1) is 16.8. The molecule has 22 heavy (non-hydrogen) atoms. The molecule has 0 unspecified atom stereocenters.